The molecule has 1 N–H and O–H groups in total. The molecule has 2 aromatic carbocycles. The van der Waals surface area contributed by atoms with Crippen molar-refractivity contribution in [3.8, 4) is 0 Å². The highest BCUT2D eigenvalue weighted by molar-refractivity contribution is 6.28. The number of nitrogens with one attached hydrogen (secondary N) is 1. The molecule has 0 amide bonds. The predicted octanol–water partition coefficient (Wildman–Crippen LogP) is -0.965. The lowest BCUT2D eigenvalue weighted by Crippen LogP contribution is -3.11. The first-order valence-electron chi connectivity index (χ1n) is 8.39. The Morgan fingerprint density at radius 2 is 1.33 bits per heavy atom. The van der Waals surface area contributed by atoms with E-state index in [0.29, 0.717) is 22.3 Å². The van der Waals surface area contributed by atoms with Crippen molar-refractivity contribution in [1.82, 2.24) is 0 Å². The van der Waals surface area contributed by atoms with Crippen molar-refractivity contribution in [3.05, 3.63) is 70.3 Å². The number of likely N-dealkylation sites (tertiary alicyclic amines) is 1. The van der Waals surface area contributed by atoms with Crippen molar-refractivity contribution < 1.29 is 31.5 Å². The van der Waals surface area contributed by atoms with Crippen LogP contribution in [0.5, 0.6) is 0 Å². The van der Waals surface area contributed by atoms with Gasteiger partial charge in [0.15, 0.2) is 11.6 Å². The molecule has 0 spiro atoms. The summed E-state index contributed by atoms with van der Waals surface area (Å²) in [5.74, 6) is -0.0576. The Morgan fingerprint density at radius 1 is 0.750 bits per heavy atom. The molecule has 1 aliphatic carbocycles. The molecule has 0 unspecified atom stereocenters. The first kappa shape index (κ1) is 17.1. The fraction of sp³-hybridized carbons (Fsp3) is 0.300. The Kier molecular flexibility index (Phi) is 4.97. The summed E-state index contributed by atoms with van der Waals surface area (Å²) >= 11 is 0. The van der Waals surface area contributed by atoms with Gasteiger partial charge in [0.25, 0.3) is 0 Å². The van der Waals surface area contributed by atoms with Crippen LogP contribution in [0, 0.1) is 0 Å². The van der Waals surface area contributed by atoms with Gasteiger partial charge < -0.3 is 21.9 Å². The standard InChI is InChI=1S/C20H19NO2.BrH/c22-19-15-6-2-3-7-16(15)20(23)18-12-14(8-9-17(18)19)13-21-10-4-1-5-11-21;/h2-3,6-9,12H,1,4-5,10-11,13H2;1H. The van der Waals surface area contributed by atoms with E-state index in [2.05, 4.69) is 0 Å². The zero-order valence-corrected chi connectivity index (χ0v) is 15.1. The van der Waals surface area contributed by atoms with Gasteiger partial charge in [-0.05, 0) is 31.4 Å². The lowest BCUT2D eigenvalue weighted by Gasteiger charge is -2.24. The molecule has 2 aromatic rings. The van der Waals surface area contributed by atoms with Crippen LogP contribution in [0.15, 0.2) is 42.5 Å². The highest BCUT2D eigenvalue weighted by Gasteiger charge is 2.29. The van der Waals surface area contributed by atoms with Crippen LogP contribution < -0.4 is 21.9 Å². The molecule has 2 aliphatic rings. The molecule has 1 aliphatic heterocycles. The minimum atomic E-state index is -0.0351. The van der Waals surface area contributed by atoms with Crippen LogP contribution in [0.2, 0.25) is 0 Å². The zero-order valence-electron chi connectivity index (χ0n) is 13.5. The number of piperidine rings is 1. The van der Waals surface area contributed by atoms with Crippen LogP contribution >= 0.6 is 0 Å². The smallest absolute Gasteiger partial charge is 0.194 e. The number of rotatable bonds is 2. The number of halogens is 1. The van der Waals surface area contributed by atoms with E-state index in [0.717, 1.165) is 12.1 Å². The summed E-state index contributed by atoms with van der Waals surface area (Å²) in [6.07, 6.45) is 3.90. The fourth-order valence-electron chi connectivity index (χ4n) is 3.77. The zero-order chi connectivity index (χ0) is 15.8. The fourth-order valence-corrected chi connectivity index (χ4v) is 3.77. The number of carbonyl (C=O) groups is 2. The molecule has 3 nitrogen and oxygen atoms in total. The number of carbonyl (C=O) groups excluding carboxylic acids is 2. The third kappa shape index (κ3) is 2.96. The van der Waals surface area contributed by atoms with Crippen molar-refractivity contribution in [3.63, 3.8) is 0 Å². The SMILES string of the molecule is O=C1c2ccccc2C(=O)c2cc(C[NH+]3CCCCC3)ccc21.[Br-]. The van der Waals surface area contributed by atoms with Gasteiger partial charge in [0, 0.05) is 27.8 Å². The maximum absolute atomic E-state index is 12.7. The van der Waals surface area contributed by atoms with Crippen LogP contribution in [0.3, 0.4) is 0 Å². The number of hydrogen-bond donors (Lipinski definition) is 1. The molecule has 0 atom stereocenters. The Bertz CT molecular complexity index is 794. The van der Waals surface area contributed by atoms with E-state index in [1.165, 1.54) is 32.4 Å². The van der Waals surface area contributed by atoms with Crippen LogP contribution in [0.4, 0.5) is 0 Å². The van der Waals surface area contributed by atoms with Gasteiger partial charge >= 0.3 is 0 Å². The summed E-state index contributed by atoms with van der Waals surface area (Å²) < 4.78 is 0. The molecule has 4 heteroatoms. The van der Waals surface area contributed by atoms with Crippen molar-refractivity contribution >= 4 is 11.6 Å². The van der Waals surface area contributed by atoms with E-state index in [1.807, 2.05) is 30.3 Å². The van der Waals surface area contributed by atoms with Gasteiger partial charge in [0.05, 0.1) is 13.1 Å². The third-order valence-electron chi connectivity index (χ3n) is 5.00. The van der Waals surface area contributed by atoms with E-state index in [-0.39, 0.29) is 28.5 Å². The van der Waals surface area contributed by atoms with Crippen LogP contribution in [-0.2, 0) is 6.54 Å². The monoisotopic (exact) mass is 385 g/mol. The summed E-state index contributed by atoms with van der Waals surface area (Å²) in [5, 5.41) is 0. The van der Waals surface area contributed by atoms with E-state index in [4.69, 9.17) is 0 Å². The first-order valence-corrected chi connectivity index (χ1v) is 8.39. The second kappa shape index (κ2) is 6.99. The van der Waals surface area contributed by atoms with E-state index in [1.54, 1.807) is 17.0 Å². The van der Waals surface area contributed by atoms with Crippen molar-refractivity contribution in [1.29, 1.82) is 0 Å². The number of fused-ring (bicyclic) bond motifs is 2. The van der Waals surface area contributed by atoms with E-state index in [9.17, 15) is 9.59 Å². The van der Waals surface area contributed by atoms with Gasteiger partial charge in [-0.2, -0.15) is 0 Å². The maximum atomic E-state index is 12.7. The second-order valence-electron chi connectivity index (χ2n) is 6.57. The molecular formula is C20H20BrNO2. The van der Waals surface area contributed by atoms with Gasteiger partial charge in [-0.25, -0.2) is 0 Å². The normalized spacial score (nSPS) is 17.0. The summed E-state index contributed by atoms with van der Waals surface area (Å²) in [4.78, 5) is 26.9. The van der Waals surface area contributed by atoms with Gasteiger partial charge in [-0.3, -0.25) is 9.59 Å². The highest BCUT2D eigenvalue weighted by Crippen LogP contribution is 2.27. The van der Waals surface area contributed by atoms with Gasteiger partial charge in [-0.1, -0.05) is 30.3 Å². The predicted molar refractivity (Wildman–Crippen MR) is 88.0 cm³/mol. The van der Waals surface area contributed by atoms with Crippen molar-refractivity contribution in [2.24, 2.45) is 0 Å². The van der Waals surface area contributed by atoms with Gasteiger partial charge in [0.2, 0.25) is 0 Å². The molecular weight excluding hydrogens is 366 g/mol. The molecule has 1 saturated heterocycles. The van der Waals surface area contributed by atoms with Crippen molar-refractivity contribution in [2.45, 2.75) is 25.8 Å². The average Bonchev–Trinajstić information content (AvgIpc) is 2.60. The maximum Gasteiger partial charge on any atom is 0.194 e. The average molecular weight is 386 g/mol. The van der Waals surface area contributed by atoms with Crippen LogP contribution in [0.25, 0.3) is 0 Å². The Balaban J connectivity index is 0.00000169. The quantitative estimate of drug-likeness (QED) is 0.616. The molecule has 0 aromatic heterocycles. The number of ketones is 2. The second-order valence-corrected chi connectivity index (χ2v) is 6.57. The Hall–Kier alpha value is -1.78. The molecule has 1 heterocycles. The van der Waals surface area contributed by atoms with Crippen molar-refractivity contribution in [2.75, 3.05) is 13.1 Å². The summed E-state index contributed by atoms with van der Waals surface area (Å²) in [6, 6.07) is 12.9. The lowest BCUT2D eigenvalue weighted by molar-refractivity contribution is -0.918. The first-order chi connectivity index (χ1) is 11.2. The molecule has 0 bridgehead atoms. The molecule has 4 rings (SSSR count). The van der Waals surface area contributed by atoms with E-state index < -0.39 is 0 Å². The minimum Gasteiger partial charge on any atom is -1.00 e. The summed E-state index contributed by atoms with van der Waals surface area (Å²) in [6.45, 7) is 3.34. The number of benzene rings is 2. The van der Waals surface area contributed by atoms with Gasteiger partial charge in [-0.15, -0.1) is 0 Å². The van der Waals surface area contributed by atoms with Crippen LogP contribution in [0.1, 0.15) is 56.7 Å². The van der Waals surface area contributed by atoms with Crippen LogP contribution in [-0.4, -0.2) is 24.7 Å². The minimum absolute atomic E-state index is 0. The molecule has 24 heavy (non-hydrogen) atoms. The Labute approximate surface area is 152 Å². The van der Waals surface area contributed by atoms with Gasteiger partial charge in [0.1, 0.15) is 6.54 Å². The molecule has 0 saturated carbocycles. The van der Waals surface area contributed by atoms with E-state index >= 15 is 0 Å². The summed E-state index contributed by atoms with van der Waals surface area (Å²) in [5.41, 5.74) is 3.33. The Morgan fingerprint density at radius 3 is 2.00 bits per heavy atom. The molecule has 1 fully saturated rings. The highest BCUT2D eigenvalue weighted by atomic mass is 79.9. The topological polar surface area (TPSA) is 38.6 Å². The largest absolute Gasteiger partial charge is 1.00 e. The summed E-state index contributed by atoms with van der Waals surface area (Å²) in [7, 11) is 0. The number of hydrogen-bond acceptors (Lipinski definition) is 2. The third-order valence-corrected chi connectivity index (χ3v) is 5.00. The molecule has 0 radical (unpaired) electrons. The lowest BCUT2D eigenvalue weighted by atomic mass is 9.83. The molecule has 124 valence electrons. The number of quaternary nitrogens is 1.